The largest absolute Gasteiger partial charge is 0.481 e. The zero-order chi connectivity index (χ0) is 30.8. The van der Waals surface area contributed by atoms with Crippen LogP contribution < -0.4 is 37.9 Å². The molecule has 0 saturated carbocycles. The molecule has 0 bridgehead atoms. The monoisotopic (exact) mass is 580 g/mol. The second-order valence-corrected chi connectivity index (χ2v) is 9.75. The van der Waals surface area contributed by atoms with Gasteiger partial charge in [0.1, 0.15) is 11.7 Å². The maximum atomic E-state index is 12.3. The topological polar surface area (TPSA) is 229 Å². The average molecular weight is 581 g/mol. The van der Waals surface area contributed by atoms with Crippen LogP contribution in [0.25, 0.3) is 0 Å². The number of fused-ring (bicyclic) bond motifs is 1. The van der Waals surface area contributed by atoms with Gasteiger partial charge >= 0.3 is 11.9 Å². The third-order valence-electron chi connectivity index (χ3n) is 6.58. The standard InChI is InChI=1S/C20H25N7O6.C8H11N/c1-27-12(9-23-16-15(27)18(31)26-20(21)25-16)8-22-11-4-2-10(3-5-11)17(30)24-13(19(32)33)6-7-14(28)29;1-7(9)8-5-3-2-4-6-8/h2-5,12-13,22H,6-9H2,1H3,(H,24,30)(H,28,29)(H,32,33)(H4,21,23,25,26,31);2-7H,9H2,1H3/t12-,13?;7-/m01/s1. The quantitative estimate of drug-likeness (QED) is 0.170. The van der Waals surface area contributed by atoms with E-state index in [1.807, 2.05) is 42.2 Å². The van der Waals surface area contributed by atoms with Gasteiger partial charge < -0.3 is 42.5 Å². The van der Waals surface area contributed by atoms with Crippen LogP contribution in [0, 0.1) is 0 Å². The van der Waals surface area contributed by atoms with Crippen molar-refractivity contribution in [1.82, 2.24) is 15.3 Å². The predicted octanol–water partition coefficient (Wildman–Crippen LogP) is 1.45. The fraction of sp³-hybridized carbons (Fsp3) is 0.321. The lowest BCUT2D eigenvalue weighted by Crippen LogP contribution is -2.48. The third kappa shape index (κ3) is 8.69. The lowest BCUT2D eigenvalue weighted by atomic mass is 10.1. The van der Waals surface area contributed by atoms with E-state index in [1.165, 1.54) is 17.7 Å². The van der Waals surface area contributed by atoms with Gasteiger partial charge in [0.25, 0.3) is 11.5 Å². The Morgan fingerprint density at radius 1 is 1.12 bits per heavy atom. The molecule has 2 heterocycles. The van der Waals surface area contributed by atoms with Crippen LogP contribution in [0.2, 0.25) is 0 Å². The van der Waals surface area contributed by atoms with Gasteiger partial charge in [0, 0.05) is 43.9 Å². The summed E-state index contributed by atoms with van der Waals surface area (Å²) in [6, 6.07) is 15.2. The van der Waals surface area contributed by atoms with E-state index in [4.69, 9.17) is 16.6 Å². The molecule has 0 aliphatic carbocycles. The molecule has 0 radical (unpaired) electrons. The maximum absolute atomic E-state index is 12.3. The van der Waals surface area contributed by atoms with Crippen molar-refractivity contribution in [3.63, 3.8) is 0 Å². The molecular formula is C28H36N8O6. The van der Waals surface area contributed by atoms with Crippen molar-refractivity contribution < 1.29 is 24.6 Å². The summed E-state index contributed by atoms with van der Waals surface area (Å²) in [6.45, 7) is 2.99. The van der Waals surface area contributed by atoms with Gasteiger partial charge in [0.15, 0.2) is 5.82 Å². The molecule has 3 atom stereocenters. The van der Waals surface area contributed by atoms with E-state index in [0.717, 1.165) is 5.69 Å². The molecule has 14 nitrogen and oxygen atoms in total. The number of anilines is 4. The summed E-state index contributed by atoms with van der Waals surface area (Å²) < 4.78 is 0. The van der Waals surface area contributed by atoms with Crippen LogP contribution in [-0.2, 0) is 9.59 Å². The number of benzene rings is 2. The van der Waals surface area contributed by atoms with Gasteiger partial charge in [-0.05, 0) is 43.2 Å². The van der Waals surface area contributed by atoms with Gasteiger partial charge in [-0.2, -0.15) is 4.98 Å². The third-order valence-corrected chi connectivity index (χ3v) is 6.58. The first-order chi connectivity index (χ1) is 20.0. The van der Waals surface area contributed by atoms with Gasteiger partial charge in [0.2, 0.25) is 5.95 Å². The minimum atomic E-state index is -1.30. The number of hydrogen-bond acceptors (Lipinski definition) is 10. The van der Waals surface area contributed by atoms with Gasteiger partial charge in [-0.3, -0.25) is 19.4 Å². The summed E-state index contributed by atoms with van der Waals surface area (Å²) >= 11 is 0. The number of H-pyrrole nitrogens is 1. The van der Waals surface area contributed by atoms with Gasteiger partial charge in [-0.1, -0.05) is 30.3 Å². The number of aliphatic carboxylic acids is 2. The molecule has 1 aliphatic heterocycles. The number of likely N-dealkylation sites (N-methyl/N-ethyl adjacent to an activating group) is 1. The van der Waals surface area contributed by atoms with Crippen molar-refractivity contribution in [2.75, 3.05) is 41.4 Å². The summed E-state index contributed by atoms with van der Waals surface area (Å²) in [5.41, 5.74) is 13.4. The van der Waals surface area contributed by atoms with Crippen LogP contribution >= 0.6 is 0 Å². The number of nitrogens with one attached hydrogen (secondary N) is 4. The smallest absolute Gasteiger partial charge is 0.326 e. The first-order valence-corrected chi connectivity index (χ1v) is 13.2. The summed E-state index contributed by atoms with van der Waals surface area (Å²) in [7, 11) is 1.79. The molecule has 2 aromatic carbocycles. The summed E-state index contributed by atoms with van der Waals surface area (Å²) in [6.07, 6.45) is -0.586. The zero-order valence-corrected chi connectivity index (χ0v) is 23.3. The zero-order valence-electron chi connectivity index (χ0n) is 23.3. The number of hydrogen-bond donors (Lipinski definition) is 8. The molecule has 14 heteroatoms. The molecule has 42 heavy (non-hydrogen) atoms. The van der Waals surface area contributed by atoms with Crippen LogP contribution in [-0.4, -0.2) is 70.2 Å². The minimum absolute atomic E-state index is 0.0388. The highest BCUT2D eigenvalue weighted by Gasteiger charge is 2.27. The Labute approximate surface area is 242 Å². The van der Waals surface area contributed by atoms with E-state index in [9.17, 15) is 24.3 Å². The van der Waals surface area contributed by atoms with Crippen LogP contribution in [0.3, 0.4) is 0 Å². The summed E-state index contributed by atoms with van der Waals surface area (Å²) in [5.74, 6) is -2.59. The molecule has 0 saturated heterocycles. The lowest BCUT2D eigenvalue weighted by Gasteiger charge is -2.35. The Kier molecular flexibility index (Phi) is 10.8. The Morgan fingerprint density at radius 2 is 1.79 bits per heavy atom. The van der Waals surface area contributed by atoms with Crippen LogP contribution in [0.5, 0.6) is 0 Å². The number of amides is 1. The number of nitrogen functional groups attached to an aromatic ring is 1. The van der Waals surface area contributed by atoms with E-state index in [1.54, 1.807) is 19.2 Å². The molecule has 3 aromatic rings. The molecule has 10 N–H and O–H groups in total. The summed E-state index contributed by atoms with van der Waals surface area (Å²) in [4.78, 5) is 54.9. The van der Waals surface area contributed by atoms with E-state index < -0.39 is 23.9 Å². The van der Waals surface area contributed by atoms with Crippen molar-refractivity contribution in [2.24, 2.45) is 5.73 Å². The number of carboxylic acids is 2. The first kappa shape index (κ1) is 31.4. The normalized spacial score (nSPS) is 15.1. The number of aromatic amines is 1. The Morgan fingerprint density at radius 3 is 2.36 bits per heavy atom. The Balaban J connectivity index is 0.000000458. The van der Waals surface area contributed by atoms with Crippen LogP contribution in [0.1, 0.15) is 41.7 Å². The second-order valence-electron chi connectivity index (χ2n) is 9.75. The van der Waals surface area contributed by atoms with Gasteiger partial charge in [-0.25, -0.2) is 4.79 Å². The number of nitrogens with two attached hydrogens (primary N) is 2. The molecule has 0 spiro atoms. The second kappa shape index (κ2) is 14.5. The van der Waals surface area contributed by atoms with E-state index in [0.29, 0.717) is 24.6 Å². The fourth-order valence-electron chi connectivity index (χ4n) is 4.18. The van der Waals surface area contributed by atoms with Crippen molar-refractivity contribution in [2.45, 2.75) is 37.9 Å². The fourth-order valence-corrected chi connectivity index (χ4v) is 4.18. The van der Waals surface area contributed by atoms with Crippen molar-refractivity contribution in [3.05, 3.63) is 76.1 Å². The van der Waals surface area contributed by atoms with E-state index in [2.05, 4.69) is 25.9 Å². The number of aromatic nitrogens is 2. The molecule has 0 fully saturated rings. The number of nitrogens with zero attached hydrogens (tertiary/aromatic N) is 2. The maximum Gasteiger partial charge on any atom is 0.326 e. The molecule has 1 unspecified atom stereocenters. The minimum Gasteiger partial charge on any atom is -0.481 e. The molecule has 224 valence electrons. The molecule has 4 rings (SSSR count). The van der Waals surface area contributed by atoms with Gasteiger partial charge in [0.05, 0.1) is 6.04 Å². The Bertz CT molecular complexity index is 1430. The first-order valence-electron chi connectivity index (χ1n) is 13.2. The highest BCUT2D eigenvalue weighted by atomic mass is 16.4. The highest BCUT2D eigenvalue weighted by molar-refractivity contribution is 5.97. The SMILES string of the molecule is CN1c2c(nc(N)[nH]c2=O)NC[C@@H]1CNc1ccc(C(=O)NC(CCC(=O)O)C(=O)O)cc1.C[C@@H](N)c1ccccc1. The van der Waals surface area contributed by atoms with Crippen molar-refractivity contribution in [1.29, 1.82) is 0 Å². The summed E-state index contributed by atoms with van der Waals surface area (Å²) in [5, 5.41) is 26.6. The van der Waals surface area contributed by atoms with Crippen LogP contribution in [0.15, 0.2) is 59.4 Å². The Hall–Kier alpha value is -5.11. The number of carbonyl (C=O) groups is 3. The van der Waals surface area contributed by atoms with Crippen molar-refractivity contribution in [3.8, 4) is 0 Å². The van der Waals surface area contributed by atoms with Gasteiger partial charge in [-0.15, -0.1) is 0 Å². The van der Waals surface area contributed by atoms with Crippen molar-refractivity contribution >= 4 is 41.0 Å². The molecule has 1 aromatic heterocycles. The number of carboxylic acid groups (broad SMARTS) is 2. The van der Waals surface area contributed by atoms with E-state index in [-0.39, 0.29) is 42.0 Å². The average Bonchev–Trinajstić information content (AvgIpc) is 2.95. The molecule has 1 aliphatic rings. The number of carbonyl (C=O) groups excluding carboxylic acids is 1. The lowest BCUT2D eigenvalue weighted by molar-refractivity contribution is -0.140. The van der Waals surface area contributed by atoms with E-state index >= 15 is 0 Å². The highest BCUT2D eigenvalue weighted by Crippen LogP contribution is 2.25. The predicted molar refractivity (Wildman–Crippen MR) is 160 cm³/mol. The molecular weight excluding hydrogens is 544 g/mol. The number of rotatable bonds is 10. The molecule has 1 amide bonds. The van der Waals surface area contributed by atoms with Crippen LogP contribution in [0.4, 0.5) is 23.1 Å².